The molecule has 4 rings (SSSR count). The molecule has 352 valence electrons. The summed E-state index contributed by atoms with van der Waals surface area (Å²) in [7, 11) is 9.42. The Labute approximate surface area is 373 Å². The molecule has 1 aromatic carbocycles. The van der Waals surface area contributed by atoms with Crippen molar-refractivity contribution in [3.05, 3.63) is 58.9 Å². The number of aromatic nitrogens is 4. The van der Waals surface area contributed by atoms with Gasteiger partial charge in [-0.15, -0.1) is 0 Å². The van der Waals surface area contributed by atoms with Gasteiger partial charge in [-0.3, -0.25) is 14.1 Å². The van der Waals surface area contributed by atoms with E-state index in [1.54, 1.807) is 23.9 Å². The maximum absolute atomic E-state index is 14.6. The van der Waals surface area contributed by atoms with E-state index >= 15 is 0 Å². The van der Waals surface area contributed by atoms with Gasteiger partial charge in [0.25, 0.3) is 0 Å². The van der Waals surface area contributed by atoms with Crippen LogP contribution in [-0.4, -0.2) is 89.5 Å². The zero-order valence-electron chi connectivity index (χ0n) is 38.0. The Morgan fingerprint density at radius 2 is 1.20 bits per heavy atom. The molecule has 0 fully saturated rings. The Kier molecular flexibility index (Phi) is 16.5. The molecule has 0 aliphatic heterocycles. The van der Waals surface area contributed by atoms with Crippen molar-refractivity contribution in [3.8, 4) is 11.1 Å². The summed E-state index contributed by atoms with van der Waals surface area (Å²) in [5.41, 5.74) is -2.40. The molecule has 61 heavy (non-hydrogen) atoms. The van der Waals surface area contributed by atoms with Gasteiger partial charge in [-0.2, -0.15) is 4.39 Å². The van der Waals surface area contributed by atoms with Crippen molar-refractivity contribution >= 4 is 72.1 Å². The van der Waals surface area contributed by atoms with Gasteiger partial charge >= 0.3 is 235 Å². The third-order valence-corrected chi connectivity index (χ3v) is 67.5. The normalized spacial score (nSPS) is 14.5. The zero-order chi connectivity index (χ0) is 47.3. The minimum absolute atomic E-state index is 0.0715. The van der Waals surface area contributed by atoms with Crippen LogP contribution in [0.15, 0.2) is 41.5 Å². The summed E-state index contributed by atoms with van der Waals surface area (Å²) >= 11 is -3.55. The Bertz CT molecular complexity index is 2410. The second-order valence-corrected chi connectivity index (χ2v) is 55.6. The number of rotatable bonds is 12. The molecule has 0 bridgehead atoms. The zero-order valence-corrected chi connectivity index (χ0v) is 44.5. The van der Waals surface area contributed by atoms with E-state index in [4.69, 9.17) is 19.1 Å². The Morgan fingerprint density at radius 3 is 1.56 bits per heavy atom. The first-order valence-corrected chi connectivity index (χ1v) is 34.9. The molecule has 11 nitrogen and oxygen atoms in total. The summed E-state index contributed by atoms with van der Waals surface area (Å²) in [5.74, 6) is -1.80. The van der Waals surface area contributed by atoms with Crippen LogP contribution in [0, 0.1) is 11.8 Å². The number of pyridine rings is 2. The van der Waals surface area contributed by atoms with E-state index in [0.29, 0.717) is 39.8 Å². The maximum atomic E-state index is 14.6. The molecule has 0 saturated heterocycles. The van der Waals surface area contributed by atoms with Crippen LogP contribution < -0.4 is 5.69 Å². The minimum Gasteiger partial charge on any atom is -0.293 e. The Hall–Kier alpha value is -1.17. The predicted molar refractivity (Wildman–Crippen MR) is 252 cm³/mol. The van der Waals surface area contributed by atoms with E-state index in [2.05, 4.69) is 93.1 Å². The number of aryl methyl sites for hydroxylation is 1. The van der Waals surface area contributed by atoms with Crippen LogP contribution in [0.3, 0.4) is 0 Å². The number of fused-ring (bicyclic) bond motifs is 3. The Balaban J connectivity index is 0.000000336. The molecule has 0 atom stereocenters. The molecule has 3 aromatic heterocycles. The number of hydrogen-bond donors (Lipinski definition) is 2. The molecule has 0 amide bonds. The molecule has 0 radical (unpaired) electrons. The number of nitrogens with zero attached hydrogens (tertiary/aromatic N) is 4. The molecular weight excluding hydrogens is 1000 g/mol. The average Bonchev–Trinajstić information content (AvgIpc) is 3.31. The molecule has 0 unspecified atom stereocenters. The van der Waals surface area contributed by atoms with Crippen molar-refractivity contribution in [1.29, 1.82) is 0 Å². The van der Waals surface area contributed by atoms with Crippen LogP contribution in [0.1, 0.15) is 116 Å². The van der Waals surface area contributed by atoms with Gasteiger partial charge in [0.15, 0.2) is 0 Å². The summed E-state index contributed by atoms with van der Waals surface area (Å²) in [4.78, 5) is 20.5. The van der Waals surface area contributed by atoms with Gasteiger partial charge in [0, 0.05) is 41.9 Å². The van der Waals surface area contributed by atoms with Gasteiger partial charge in [-0.25, -0.2) is 14.2 Å². The predicted octanol–water partition coefficient (Wildman–Crippen LogP) is 11.9. The van der Waals surface area contributed by atoms with Gasteiger partial charge in [-0.05, 0) is 32.0 Å². The standard InChI is InChI=1S/C19H16F2N4O.2C11H25O3PS.2ClH.Pd/c1-10(2)25-18-13-6-12(11-4-5-17(21)23-8-11)14(20)7-15(13)22-9-16(18)24(3)19(25)26;2*1-10(2,3)15(11(4,5)6)8-7-9-16(12,13)14;;;/h4-10H,1-3H3;2*7-9H2,1-6H3,(H,12,13,14);2*1H;/q;;;;;+2/p-2. The quantitative estimate of drug-likeness (QED) is 0.0609. The summed E-state index contributed by atoms with van der Waals surface area (Å²) < 4.78 is 96.5. The molecule has 0 aliphatic carbocycles. The van der Waals surface area contributed by atoms with E-state index in [1.807, 2.05) is 13.8 Å². The van der Waals surface area contributed by atoms with E-state index < -0.39 is 55.4 Å². The fourth-order valence-electron chi connectivity index (χ4n) is 8.92. The molecule has 0 spiro atoms. The topological polar surface area (TPSA) is 161 Å². The van der Waals surface area contributed by atoms with E-state index in [0.717, 1.165) is 0 Å². The van der Waals surface area contributed by atoms with Crippen molar-refractivity contribution in [2.24, 2.45) is 7.05 Å². The van der Waals surface area contributed by atoms with Crippen molar-refractivity contribution in [2.75, 3.05) is 23.8 Å². The first-order valence-electron chi connectivity index (χ1n) is 19.9. The summed E-state index contributed by atoms with van der Waals surface area (Å²) in [5, 5.41) is -0.632. The fraction of sp³-hybridized carbons (Fsp3) is 0.634. The number of benzene rings is 1. The van der Waals surface area contributed by atoms with Crippen molar-refractivity contribution in [2.45, 2.75) is 136 Å². The smallest absolute Gasteiger partial charge is 0.293 e. The van der Waals surface area contributed by atoms with Gasteiger partial charge in [0.05, 0.1) is 22.7 Å². The SMILES string of the molecule is CC(C)(C)[P+](CCCS(=O)(=O)O)(C(C)(C)C)[Pd-2]([Cl])([Cl])[P+](CCCS(=O)(=O)O)(C(C)(C)C)C(C)(C)C.CC(C)n1c(=O)n(C)c2cnc3cc(F)c(-c4ccc(F)nc4)cc3c21. The third kappa shape index (κ3) is 10.9. The van der Waals surface area contributed by atoms with E-state index in [9.17, 15) is 39.5 Å². The van der Waals surface area contributed by atoms with Crippen molar-refractivity contribution in [3.63, 3.8) is 0 Å². The fourth-order valence-corrected chi connectivity index (χ4v) is 91.6. The van der Waals surface area contributed by atoms with Crippen LogP contribution in [0.2, 0.25) is 0 Å². The molecular formula is C41H66Cl2F2N4O7P2PdS2. The van der Waals surface area contributed by atoms with Crippen molar-refractivity contribution in [1.82, 2.24) is 19.1 Å². The largest absolute Gasteiger partial charge is 0.329 e. The molecule has 3 heterocycles. The van der Waals surface area contributed by atoms with Crippen LogP contribution in [0.4, 0.5) is 8.78 Å². The van der Waals surface area contributed by atoms with Gasteiger partial charge in [-0.1, -0.05) is 0 Å². The maximum Gasteiger partial charge on any atom is 0.329 e. The molecule has 0 saturated carbocycles. The summed E-state index contributed by atoms with van der Waals surface area (Å²) in [6.45, 7) is 29.6. The monoisotopic (exact) mass is 1070 g/mol. The van der Waals surface area contributed by atoms with Crippen molar-refractivity contribution < 1.29 is 47.2 Å². The van der Waals surface area contributed by atoms with Gasteiger partial charge in [0.2, 0.25) is 5.95 Å². The first-order chi connectivity index (χ1) is 27.3. The van der Waals surface area contributed by atoms with E-state index in [1.165, 1.54) is 29.0 Å². The first kappa shape index (κ1) is 54.2. The number of halogens is 4. The molecule has 0 aliphatic rings. The molecule has 2 N–H and O–H groups in total. The minimum atomic E-state index is -4.14. The summed E-state index contributed by atoms with van der Waals surface area (Å²) in [6, 6.07) is 5.56. The second kappa shape index (κ2) is 18.6. The average molecular weight is 1070 g/mol. The van der Waals surface area contributed by atoms with E-state index in [-0.39, 0.29) is 62.3 Å². The van der Waals surface area contributed by atoms with Gasteiger partial charge in [0.1, 0.15) is 5.82 Å². The van der Waals surface area contributed by atoms with Gasteiger partial charge < -0.3 is 0 Å². The molecule has 4 aromatic rings. The second-order valence-electron chi connectivity index (χ2n) is 19.6. The third-order valence-electron chi connectivity index (χ3n) is 10.9. The molecule has 20 heteroatoms. The van der Waals surface area contributed by atoms with Crippen LogP contribution >= 0.6 is 30.0 Å². The van der Waals surface area contributed by atoms with Crippen LogP contribution in [0.25, 0.3) is 33.1 Å². The summed E-state index contributed by atoms with van der Waals surface area (Å²) in [6.07, 6.45) is 4.44. The van der Waals surface area contributed by atoms with Crippen LogP contribution in [-0.2, 0) is 39.8 Å². The number of imidazole rings is 1. The Morgan fingerprint density at radius 1 is 0.754 bits per heavy atom. The van der Waals surface area contributed by atoms with Crippen LogP contribution in [0.5, 0.6) is 0 Å². The number of hydrogen-bond acceptors (Lipinski definition) is 7.